The molecule has 7 heteroatoms. The number of carbonyl (C=O) groups is 2. The molecule has 0 fully saturated rings. The number of hydrogen-bond acceptors (Lipinski definition) is 6. The quantitative estimate of drug-likeness (QED) is 0.538. The number of benzene rings is 2. The molecule has 1 atom stereocenters. The summed E-state index contributed by atoms with van der Waals surface area (Å²) in [4.78, 5) is 25.8. The summed E-state index contributed by atoms with van der Waals surface area (Å²) in [7, 11) is 2.97. The van der Waals surface area contributed by atoms with E-state index in [9.17, 15) is 9.59 Å². The summed E-state index contributed by atoms with van der Waals surface area (Å²) in [5.41, 5.74) is 4.35. The molecule has 1 N–H and O–H groups in total. The van der Waals surface area contributed by atoms with Gasteiger partial charge in [0.1, 0.15) is 18.1 Å². The fourth-order valence-corrected chi connectivity index (χ4v) is 4.88. The second kappa shape index (κ2) is 9.83. The highest BCUT2D eigenvalue weighted by molar-refractivity contribution is 9.10. The molecule has 0 saturated carbocycles. The third kappa shape index (κ3) is 4.69. The molecule has 172 valence electrons. The van der Waals surface area contributed by atoms with Crippen molar-refractivity contribution < 1.29 is 23.8 Å². The highest BCUT2D eigenvalue weighted by atomic mass is 79.9. The van der Waals surface area contributed by atoms with Gasteiger partial charge < -0.3 is 19.5 Å². The summed E-state index contributed by atoms with van der Waals surface area (Å²) in [6.07, 6.45) is 2.05. The second-order valence-electron chi connectivity index (χ2n) is 8.07. The van der Waals surface area contributed by atoms with Crippen LogP contribution in [0, 0.1) is 0 Å². The molecule has 33 heavy (non-hydrogen) atoms. The van der Waals surface area contributed by atoms with Gasteiger partial charge in [-0.15, -0.1) is 0 Å². The first-order chi connectivity index (χ1) is 15.9. The van der Waals surface area contributed by atoms with Crippen LogP contribution in [0.3, 0.4) is 0 Å². The second-order valence-corrected chi connectivity index (χ2v) is 8.99. The Kier molecular flexibility index (Phi) is 6.88. The van der Waals surface area contributed by atoms with Crippen molar-refractivity contribution in [1.29, 1.82) is 0 Å². The Balaban J connectivity index is 1.76. The van der Waals surface area contributed by atoms with Crippen LogP contribution in [-0.4, -0.2) is 26.0 Å². The largest absolute Gasteiger partial charge is 0.496 e. The van der Waals surface area contributed by atoms with Crippen LogP contribution < -0.4 is 14.8 Å². The van der Waals surface area contributed by atoms with Crippen molar-refractivity contribution >= 4 is 27.7 Å². The Morgan fingerprint density at radius 1 is 1.15 bits per heavy atom. The molecule has 0 spiro atoms. The maximum Gasteiger partial charge on any atom is 0.336 e. The fourth-order valence-electron chi connectivity index (χ4n) is 4.51. The lowest BCUT2D eigenvalue weighted by molar-refractivity contribution is -0.136. The van der Waals surface area contributed by atoms with Gasteiger partial charge in [0.2, 0.25) is 0 Å². The van der Waals surface area contributed by atoms with Crippen molar-refractivity contribution in [2.45, 2.75) is 38.7 Å². The molecule has 2 aromatic carbocycles. The highest BCUT2D eigenvalue weighted by Crippen LogP contribution is 2.43. The summed E-state index contributed by atoms with van der Waals surface area (Å²) in [6, 6.07) is 13.3. The van der Waals surface area contributed by atoms with Crippen molar-refractivity contribution in [3.8, 4) is 11.5 Å². The molecule has 2 aromatic rings. The molecule has 6 nitrogen and oxygen atoms in total. The van der Waals surface area contributed by atoms with E-state index in [2.05, 4.69) is 21.2 Å². The summed E-state index contributed by atoms with van der Waals surface area (Å²) in [6.45, 7) is 2.12. The molecule has 1 aliphatic heterocycles. The molecule has 1 aliphatic carbocycles. The smallest absolute Gasteiger partial charge is 0.336 e. The molecule has 1 heterocycles. The Hall–Kier alpha value is -3.06. The predicted molar refractivity (Wildman–Crippen MR) is 128 cm³/mol. The zero-order valence-electron chi connectivity index (χ0n) is 18.9. The first-order valence-electron chi connectivity index (χ1n) is 10.8. The van der Waals surface area contributed by atoms with E-state index in [0.29, 0.717) is 29.0 Å². The number of methoxy groups -OCH3 is 2. The Morgan fingerprint density at radius 2 is 1.97 bits per heavy atom. The maximum atomic E-state index is 13.0. The van der Waals surface area contributed by atoms with Gasteiger partial charge in [-0.2, -0.15) is 0 Å². The average Bonchev–Trinajstić information content (AvgIpc) is 2.81. The molecule has 2 aliphatic rings. The molecule has 0 bridgehead atoms. The van der Waals surface area contributed by atoms with E-state index >= 15 is 0 Å². The average molecular weight is 512 g/mol. The van der Waals surface area contributed by atoms with Gasteiger partial charge in [0.15, 0.2) is 5.78 Å². The van der Waals surface area contributed by atoms with Crippen molar-refractivity contribution in [2.75, 3.05) is 14.2 Å². The van der Waals surface area contributed by atoms with Gasteiger partial charge in [-0.25, -0.2) is 4.79 Å². The zero-order chi connectivity index (χ0) is 23.5. The molecule has 1 unspecified atom stereocenters. The van der Waals surface area contributed by atoms with Crippen molar-refractivity contribution in [3.63, 3.8) is 0 Å². The van der Waals surface area contributed by atoms with Gasteiger partial charge in [0, 0.05) is 39.3 Å². The molecular formula is C26H26BrNO5. The van der Waals surface area contributed by atoms with Gasteiger partial charge in [0.25, 0.3) is 0 Å². The van der Waals surface area contributed by atoms with E-state index in [1.54, 1.807) is 7.11 Å². The van der Waals surface area contributed by atoms with Gasteiger partial charge in [0.05, 0.1) is 19.8 Å². The van der Waals surface area contributed by atoms with Gasteiger partial charge in [-0.3, -0.25) is 4.79 Å². The number of esters is 1. The number of rotatable bonds is 6. The first kappa shape index (κ1) is 23.1. The number of ether oxygens (including phenoxy) is 3. The van der Waals surface area contributed by atoms with E-state index in [0.717, 1.165) is 39.9 Å². The number of dihydropyridines is 1. The van der Waals surface area contributed by atoms with E-state index in [-0.39, 0.29) is 12.4 Å². The van der Waals surface area contributed by atoms with Gasteiger partial charge >= 0.3 is 5.97 Å². The zero-order valence-corrected chi connectivity index (χ0v) is 20.5. The monoisotopic (exact) mass is 511 g/mol. The summed E-state index contributed by atoms with van der Waals surface area (Å²) in [5, 5.41) is 3.29. The van der Waals surface area contributed by atoms with Crippen molar-refractivity contribution in [3.05, 3.63) is 80.6 Å². The van der Waals surface area contributed by atoms with Crippen LogP contribution in [0.25, 0.3) is 0 Å². The number of carbonyl (C=O) groups excluding carboxylic acids is 2. The number of nitrogens with one attached hydrogen (secondary N) is 1. The maximum absolute atomic E-state index is 13.0. The van der Waals surface area contributed by atoms with Gasteiger partial charge in [-0.05, 0) is 55.7 Å². The van der Waals surface area contributed by atoms with Crippen LogP contribution in [-0.2, 0) is 20.9 Å². The Bertz CT molecular complexity index is 1170. The third-order valence-electron chi connectivity index (χ3n) is 6.01. The van der Waals surface area contributed by atoms with E-state index in [1.165, 1.54) is 7.11 Å². The molecule has 0 radical (unpaired) electrons. The molecule has 0 saturated heterocycles. The normalized spacial score (nSPS) is 17.9. The number of hydrogen-bond donors (Lipinski definition) is 1. The van der Waals surface area contributed by atoms with Crippen LogP contribution in [0.5, 0.6) is 11.5 Å². The molecule has 4 rings (SSSR count). The predicted octanol–water partition coefficient (Wildman–Crippen LogP) is 5.18. The topological polar surface area (TPSA) is 73.9 Å². The van der Waals surface area contributed by atoms with E-state index < -0.39 is 11.9 Å². The SMILES string of the molecule is COC(=O)C1=C(C)NC2=C(C(=O)CCC2)C1c1ccc(OC)c(COc2cccc(Br)c2)c1. The molecule has 0 amide bonds. The molecular weight excluding hydrogens is 486 g/mol. The summed E-state index contributed by atoms with van der Waals surface area (Å²) >= 11 is 3.45. The first-order valence-corrected chi connectivity index (χ1v) is 11.6. The van der Waals surface area contributed by atoms with Crippen molar-refractivity contribution in [2.24, 2.45) is 0 Å². The van der Waals surface area contributed by atoms with Gasteiger partial charge in [-0.1, -0.05) is 28.1 Å². The van der Waals surface area contributed by atoms with Crippen LogP contribution in [0.2, 0.25) is 0 Å². The van der Waals surface area contributed by atoms with Crippen LogP contribution in [0.1, 0.15) is 43.2 Å². The number of ketones is 1. The Labute approximate surface area is 201 Å². The third-order valence-corrected chi connectivity index (χ3v) is 6.50. The fraction of sp³-hybridized carbons (Fsp3) is 0.308. The lowest BCUT2D eigenvalue weighted by atomic mass is 9.75. The van der Waals surface area contributed by atoms with Crippen molar-refractivity contribution in [1.82, 2.24) is 5.32 Å². The van der Waals surface area contributed by atoms with Crippen LogP contribution in [0.4, 0.5) is 0 Å². The summed E-state index contributed by atoms with van der Waals surface area (Å²) in [5.74, 6) is 0.504. The Morgan fingerprint density at radius 3 is 2.70 bits per heavy atom. The number of halogens is 1. The van der Waals surface area contributed by atoms with Crippen LogP contribution >= 0.6 is 15.9 Å². The standard InChI is InChI=1S/C26H26BrNO5/c1-15-23(26(30)32-3)24(25-20(28-15)8-5-9-21(25)29)16-10-11-22(31-2)17(12-16)14-33-19-7-4-6-18(27)13-19/h4,6-7,10-13,24,28H,5,8-9,14H2,1-3H3. The lowest BCUT2D eigenvalue weighted by Crippen LogP contribution is -2.34. The van der Waals surface area contributed by atoms with E-state index in [1.807, 2.05) is 49.4 Å². The minimum atomic E-state index is -0.503. The molecule has 0 aromatic heterocycles. The van der Waals surface area contributed by atoms with Crippen LogP contribution in [0.15, 0.2) is 69.5 Å². The minimum absolute atomic E-state index is 0.0606. The highest BCUT2D eigenvalue weighted by Gasteiger charge is 2.39. The van der Waals surface area contributed by atoms with E-state index in [4.69, 9.17) is 14.2 Å². The number of Topliss-reactive ketones (excluding diaryl/α,β-unsaturated/α-hetero) is 1. The minimum Gasteiger partial charge on any atom is -0.496 e. The number of allylic oxidation sites excluding steroid dienone is 3. The summed E-state index contributed by atoms with van der Waals surface area (Å²) < 4.78 is 17.6. The lowest BCUT2D eigenvalue weighted by Gasteiger charge is -2.34.